The van der Waals surface area contributed by atoms with Crippen LogP contribution in [0.1, 0.15) is 37.2 Å². The zero-order valence-electron chi connectivity index (χ0n) is 11.3. The van der Waals surface area contributed by atoms with Crippen molar-refractivity contribution in [2.45, 2.75) is 32.7 Å². The molecule has 0 saturated heterocycles. The molecular formula is C13H19N3O3. The van der Waals surface area contributed by atoms with Crippen molar-refractivity contribution in [1.82, 2.24) is 9.88 Å². The van der Waals surface area contributed by atoms with Crippen LogP contribution in [0.2, 0.25) is 0 Å². The maximum absolute atomic E-state index is 12.1. The topological polar surface area (TPSA) is 79.2 Å². The average Bonchev–Trinajstić information content (AvgIpc) is 3.01. The quantitative estimate of drug-likeness (QED) is 0.466. The predicted molar refractivity (Wildman–Crippen MR) is 71.2 cm³/mol. The first kappa shape index (κ1) is 13.7. The smallest absolute Gasteiger partial charge is 0.287 e. The van der Waals surface area contributed by atoms with Gasteiger partial charge in [-0.2, -0.15) is 0 Å². The Kier molecular flexibility index (Phi) is 3.99. The van der Waals surface area contributed by atoms with E-state index < -0.39 is 4.92 Å². The molecule has 104 valence electrons. The van der Waals surface area contributed by atoms with Crippen molar-refractivity contribution < 1.29 is 9.72 Å². The SMILES string of the molecule is CC(C)N(CC(=O)c1cc([N+](=O)[O-])c[nH]1)CC1CC1. The second-order valence-corrected chi connectivity index (χ2v) is 5.42. The van der Waals surface area contributed by atoms with Crippen LogP contribution in [0.25, 0.3) is 0 Å². The first-order valence-electron chi connectivity index (χ1n) is 6.57. The number of Topliss-reactive ketones (excluding diaryl/α,β-unsaturated/α-hetero) is 1. The number of nitrogens with zero attached hydrogens (tertiary/aromatic N) is 2. The molecular weight excluding hydrogens is 246 g/mol. The third kappa shape index (κ3) is 3.64. The van der Waals surface area contributed by atoms with Crippen molar-refractivity contribution in [2.24, 2.45) is 5.92 Å². The summed E-state index contributed by atoms with van der Waals surface area (Å²) in [5, 5.41) is 10.6. The van der Waals surface area contributed by atoms with Gasteiger partial charge in [0, 0.05) is 18.7 Å². The molecule has 19 heavy (non-hydrogen) atoms. The second-order valence-electron chi connectivity index (χ2n) is 5.42. The zero-order chi connectivity index (χ0) is 14.0. The average molecular weight is 265 g/mol. The number of aromatic amines is 1. The van der Waals surface area contributed by atoms with Crippen LogP contribution in [-0.2, 0) is 0 Å². The summed E-state index contributed by atoms with van der Waals surface area (Å²) >= 11 is 0. The van der Waals surface area contributed by atoms with Crippen molar-refractivity contribution in [1.29, 1.82) is 0 Å². The van der Waals surface area contributed by atoms with Crippen molar-refractivity contribution in [3.05, 3.63) is 28.1 Å². The Hall–Kier alpha value is -1.69. The van der Waals surface area contributed by atoms with Gasteiger partial charge in [0.1, 0.15) is 0 Å². The number of carbonyl (C=O) groups excluding carboxylic acids is 1. The van der Waals surface area contributed by atoms with Crippen molar-refractivity contribution >= 4 is 11.5 Å². The van der Waals surface area contributed by atoms with E-state index in [0.717, 1.165) is 6.54 Å². The Morgan fingerprint density at radius 1 is 1.58 bits per heavy atom. The molecule has 0 aromatic carbocycles. The first-order valence-corrected chi connectivity index (χ1v) is 6.57. The Labute approximate surface area is 111 Å². The van der Waals surface area contributed by atoms with Gasteiger partial charge in [0.25, 0.3) is 5.69 Å². The fraction of sp³-hybridized carbons (Fsp3) is 0.615. The van der Waals surface area contributed by atoms with Gasteiger partial charge in [0.15, 0.2) is 5.78 Å². The lowest BCUT2D eigenvalue weighted by molar-refractivity contribution is -0.384. The van der Waals surface area contributed by atoms with E-state index >= 15 is 0 Å². The van der Waals surface area contributed by atoms with Gasteiger partial charge in [-0.05, 0) is 32.6 Å². The van der Waals surface area contributed by atoms with Crippen LogP contribution >= 0.6 is 0 Å². The van der Waals surface area contributed by atoms with Crippen LogP contribution < -0.4 is 0 Å². The number of aromatic nitrogens is 1. The number of nitro groups is 1. The lowest BCUT2D eigenvalue weighted by Crippen LogP contribution is -2.37. The third-order valence-electron chi connectivity index (χ3n) is 3.45. The van der Waals surface area contributed by atoms with Crippen LogP contribution in [0.15, 0.2) is 12.3 Å². The maximum atomic E-state index is 12.1. The highest BCUT2D eigenvalue weighted by Gasteiger charge is 2.27. The van der Waals surface area contributed by atoms with Crippen molar-refractivity contribution in [2.75, 3.05) is 13.1 Å². The molecule has 1 heterocycles. The van der Waals surface area contributed by atoms with Gasteiger partial charge in [-0.25, -0.2) is 0 Å². The van der Waals surface area contributed by atoms with Crippen LogP contribution in [-0.4, -0.2) is 39.7 Å². The fourth-order valence-corrected chi connectivity index (χ4v) is 2.01. The van der Waals surface area contributed by atoms with Gasteiger partial charge < -0.3 is 4.98 Å². The molecule has 1 N–H and O–H groups in total. The van der Waals surface area contributed by atoms with Crippen molar-refractivity contribution in [3.8, 4) is 0 Å². The lowest BCUT2D eigenvalue weighted by atomic mass is 10.2. The highest BCUT2D eigenvalue weighted by molar-refractivity contribution is 5.96. The molecule has 0 spiro atoms. The molecule has 0 amide bonds. The molecule has 2 rings (SSSR count). The minimum atomic E-state index is -0.502. The summed E-state index contributed by atoms with van der Waals surface area (Å²) < 4.78 is 0. The summed E-state index contributed by atoms with van der Waals surface area (Å²) in [7, 11) is 0. The Bertz CT molecular complexity index is 477. The maximum Gasteiger partial charge on any atom is 0.287 e. The molecule has 0 bridgehead atoms. The highest BCUT2D eigenvalue weighted by Crippen LogP contribution is 2.30. The monoisotopic (exact) mass is 265 g/mol. The van der Waals surface area contributed by atoms with E-state index in [4.69, 9.17) is 0 Å². The Morgan fingerprint density at radius 3 is 2.74 bits per heavy atom. The van der Waals surface area contributed by atoms with E-state index in [9.17, 15) is 14.9 Å². The van der Waals surface area contributed by atoms with Gasteiger partial charge in [-0.3, -0.25) is 19.8 Å². The van der Waals surface area contributed by atoms with Crippen molar-refractivity contribution in [3.63, 3.8) is 0 Å². The van der Waals surface area contributed by atoms with E-state index in [2.05, 4.69) is 23.7 Å². The largest absolute Gasteiger partial charge is 0.353 e. The van der Waals surface area contributed by atoms with Crippen LogP contribution in [0.3, 0.4) is 0 Å². The summed E-state index contributed by atoms with van der Waals surface area (Å²) in [4.78, 5) is 27.0. The molecule has 0 atom stereocenters. The zero-order valence-corrected chi connectivity index (χ0v) is 11.3. The summed E-state index contributed by atoms with van der Waals surface area (Å²) in [5.74, 6) is 0.621. The lowest BCUT2D eigenvalue weighted by Gasteiger charge is -2.25. The summed E-state index contributed by atoms with van der Waals surface area (Å²) in [6.45, 7) is 5.37. The van der Waals surface area contributed by atoms with Crippen LogP contribution in [0, 0.1) is 16.0 Å². The number of hydrogen-bond acceptors (Lipinski definition) is 4. The molecule has 1 saturated carbocycles. The highest BCUT2D eigenvalue weighted by atomic mass is 16.6. The number of nitrogens with one attached hydrogen (secondary N) is 1. The summed E-state index contributed by atoms with van der Waals surface area (Å²) in [6.07, 6.45) is 3.74. The number of ketones is 1. The Morgan fingerprint density at radius 2 is 2.26 bits per heavy atom. The van der Waals surface area contributed by atoms with Crippen LogP contribution in [0.4, 0.5) is 5.69 Å². The van der Waals surface area contributed by atoms with E-state index in [0.29, 0.717) is 24.2 Å². The van der Waals surface area contributed by atoms with Crippen LogP contribution in [0.5, 0.6) is 0 Å². The number of hydrogen-bond donors (Lipinski definition) is 1. The normalized spacial score (nSPS) is 15.2. The Balaban J connectivity index is 1.98. The molecule has 6 nitrogen and oxygen atoms in total. The second kappa shape index (κ2) is 5.52. The van der Waals surface area contributed by atoms with Gasteiger partial charge >= 0.3 is 0 Å². The van der Waals surface area contributed by atoms with E-state index in [-0.39, 0.29) is 11.5 Å². The summed E-state index contributed by atoms with van der Waals surface area (Å²) in [6, 6.07) is 1.60. The molecule has 0 aliphatic heterocycles. The number of H-pyrrole nitrogens is 1. The minimum Gasteiger partial charge on any atom is -0.353 e. The number of rotatable bonds is 7. The summed E-state index contributed by atoms with van der Waals surface area (Å²) in [5.41, 5.74) is 0.245. The molecule has 0 unspecified atom stereocenters. The van der Waals surface area contributed by atoms with Gasteiger partial charge in [0.05, 0.1) is 23.4 Å². The van der Waals surface area contributed by atoms with Gasteiger partial charge in [0.2, 0.25) is 0 Å². The van der Waals surface area contributed by atoms with Gasteiger partial charge in [-0.1, -0.05) is 0 Å². The first-order chi connectivity index (χ1) is 8.97. The fourth-order valence-electron chi connectivity index (χ4n) is 2.01. The van der Waals surface area contributed by atoms with E-state index in [1.54, 1.807) is 0 Å². The molecule has 1 aliphatic rings. The minimum absolute atomic E-state index is 0.0679. The molecule has 1 aliphatic carbocycles. The third-order valence-corrected chi connectivity index (χ3v) is 3.45. The van der Waals surface area contributed by atoms with Gasteiger partial charge in [-0.15, -0.1) is 0 Å². The molecule has 0 radical (unpaired) electrons. The predicted octanol–water partition coefficient (Wildman–Crippen LogP) is 2.23. The standard InChI is InChI=1S/C13H19N3O3/c1-9(2)15(7-10-3-4-10)8-13(17)12-5-11(6-14-12)16(18)19/h5-6,9-10,14H,3-4,7-8H2,1-2H3. The molecule has 1 aromatic heterocycles. The molecule has 1 fully saturated rings. The van der Waals surface area contributed by atoms with E-state index in [1.165, 1.54) is 25.1 Å². The molecule has 6 heteroatoms. The van der Waals surface area contributed by atoms with E-state index in [1.807, 2.05) is 0 Å². The number of carbonyl (C=O) groups is 1. The molecule has 1 aromatic rings.